The maximum absolute atomic E-state index is 12.6. The van der Waals surface area contributed by atoms with Crippen LogP contribution in [0.4, 0.5) is 39.5 Å². The molecule has 0 saturated carbocycles. The molecule has 1 aromatic rings. The van der Waals surface area contributed by atoms with Gasteiger partial charge in [-0.3, -0.25) is 0 Å². The van der Waals surface area contributed by atoms with E-state index in [9.17, 15) is 39.5 Å². The van der Waals surface area contributed by atoms with E-state index in [0.29, 0.717) is 19.8 Å². The van der Waals surface area contributed by atoms with Crippen molar-refractivity contribution in [3.63, 3.8) is 0 Å². The fraction of sp³-hybridized carbons (Fsp3) is 0.750. The molecule has 14 heteroatoms. The van der Waals surface area contributed by atoms with Gasteiger partial charge in [-0.05, 0) is 19.3 Å². The Labute approximate surface area is 216 Å². The van der Waals surface area contributed by atoms with Crippen LogP contribution in [0.1, 0.15) is 59.3 Å². The van der Waals surface area contributed by atoms with Crippen molar-refractivity contribution in [2.24, 2.45) is 0 Å². The predicted octanol–water partition coefficient (Wildman–Crippen LogP) is 5.70. The van der Waals surface area contributed by atoms with Crippen LogP contribution < -0.4 is 4.40 Å². The quantitative estimate of drug-likeness (QED) is 0.191. The van der Waals surface area contributed by atoms with E-state index < -0.39 is 32.7 Å². The summed E-state index contributed by atoms with van der Waals surface area (Å²) in [5, 5.41) is 5.13. The Balaban J connectivity index is -0.000000231. The van der Waals surface area contributed by atoms with Gasteiger partial charge in [0, 0.05) is 45.7 Å². The summed E-state index contributed by atoms with van der Waals surface area (Å²) in [5.41, 5.74) is 0. The fourth-order valence-corrected chi connectivity index (χ4v) is 7.61. The summed E-state index contributed by atoms with van der Waals surface area (Å²) in [4.78, 5) is 0. The van der Waals surface area contributed by atoms with Crippen molar-refractivity contribution < 1.29 is 80.7 Å². The van der Waals surface area contributed by atoms with Crippen LogP contribution in [0.2, 0.25) is 0 Å². The molecule has 3 nitrogen and oxygen atoms in total. The molecule has 204 valence electrons. The van der Waals surface area contributed by atoms with Crippen molar-refractivity contribution in [2.45, 2.75) is 74.3 Å². The van der Waals surface area contributed by atoms with Gasteiger partial charge in [-0.2, -0.15) is 0 Å². The monoisotopic (exact) mass is 747 g/mol. The van der Waals surface area contributed by atoms with E-state index in [-0.39, 0.29) is 38.0 Å². The number of alkyl halides is 9. The minimum absolute atomic E-state index is 0. The SMILES string of the molecule is CCCCO.CCCCO.CCCCO.F[C](F)(F)[Ge]([c-]1cccc1)([C](F)(F)F)[C](F)(F)F.[Hf]. The van der Waals surface area contributed by atoms with E-state index in [4.69, 9.17) is 15.3 Å². The van der Waals surface area contributed by atoms with Gasteiger partial charge >= 0.3 is 96.5 Å². The van der Waals surface area contributed by atoms with Gasteiger partial charge in [0.15, 0.2) is 0 Å². The Morgan fingerprint density at radius 1 is 0.588 bits per heavy atom. The molecule has 0 saturated heterocycles. The number of unbranched alkanes of at least 4 members (excludes halogenated alkanes) is 3. The van der Waals surface area contributed by atoms with E-state index in [1.165, 1.54) is 0 Å². The van der Waals surface area contributed by atoms with Crippen LogP contribution in [0.25, 0.3) is 0 Å². The van der Waals surface area contributed by atoms with Crippen LogP contribution in [0, 0.1) is 0 Å². The topological polar surface area (TPSA) is 60.7 Å². The zero-order valence-corrected chi connectivity index (χ0v) is 25.1. The normalized spacial score (nSPS) is 11.6. The molecule has 0 aliphatic rings. The average Bonchev–Trinajstić information content (AvgIpc) is 3.16. The second-order valence-electron chi connectivity index (χ2n) is 6.65. The number of halogens is 9. The first-order valence-corrected chi connectivity index (χ1v) is 14.5. The average molecular weight is 745 g/mol. The predicted molar refractivity (Wildman–Crippen MR) is 112 cm³/mol. The van der Waals surface area contributed by atoms with Gasteiger partial charge in [0.2, 0.25) is 0 Å². The van der Waals surface area contributed by atoms with E-state index in [2.05, 4.69) is 20.8 Å². The molecule has 0 bridgehead atoms. The summed E-state index contributed by atoms with van der Waals surface area (Å²) < 4.78 is 111. The molecule has 0 atom stereocenters. The smallest absolute Gasteiger partial charge is 0 e. The minimum Gasteiger partial charge on any atom is 0 e. The zero-order chi connectivity index (χ0) is 26.8. The Kier molecular flexibility index (Phi) is 25.6. The summed E-state index contributed by atoms with van der Waals surface area (Å²) >= 11 is -8.38. The summed E-state index contributed by atoms with van der Waals surface area (Å²) in [6, 6.07) is 1.90. The van der Waals surface area contributed by atoms with Gasteiger partial charge in [-0.15, -0.1) is 0 Å². The second-order valence-corrected chi connectivity index (χ2v) is 14.6. The molecule has 0 amide bonds. The van der Waals surface area contributed by atoms with Gasteiger partial charge in [0.25, 0.3) is 0 Å². The standard InChI is InChI=1S/C8H4F9Ge.3C4H10O.Hf/c9-6(10,11)18(7(12,13)14,8(15,16)17)5-3-1-2-4-5;3*1-2-3-4-5;/h1-4H;3*5H,2-4H2,1H3;/q-1;;;;. The Bertz CT molecular complexity index is 493. The first kappa shape index (κ1) is 41.2. The van der Waals surface area contributed by atoms with Crippen molar-refractivity contribution in [2.75, 3.05) is 19.8 Å². The van der Waals surface area contributed by atoms with Crippen LogP contribution in [-0.2, 0) is 25.8 Å². The summed E-state index contributed by atoms with van der Waals surface area (Å²) in [7, 11) is 0. The van der Waals surface area contributed by atoms with Crippen LogP contribution in [0.15, 0.2) is 24.3 Å². The Morgan fingerprint density at radius 2 is 0.824 bits per heavy atom. The molecule has 0 heterocycles. The molecular formula is C20H34F9GeHfO3-. The molecule has 1 aromatic carbocycles. The molecule has 0 spiro atoms. The van der Waals surface area contributed by atoms with Gasteiger partial charge in [0.05, 0.1) is 0 Å². The first-order valence-electron chi connectivity index (χ1n) is 10.3. The van der Waals surface area contributed by atoms with Crippen molar-refractivity contribution in [1.82, 2.24) is 0 Å². The first-order chi connectivity index (χ1) is 15.1. The van der Waals surface area contributed by atoms with Crippen molar-refractivity contribution >= 4 is 17.7 Å². The number of hydrogen-bond donors (Lipinski definition) is 3. The molecule has 34 heavy (non-hydrogen) atoms. The minimum atomic E-state index is -8.38. The molecule has 0 unspecified atom stereocenters. The number of aliphatic hydroxyl groups is 3. The van der Waals surface area contributed by atoms with Gasteiger partial charge < -0.3 is 15.3 Å². The molecule has 0 fully saturated rings. The summed E-state index contributed by atoms with van der Waals surface area (Å²) in [6.07, 6.45) is 6.11. The fourth-order valence-electron chi connectivity index (χ4n) is 2.07. The maximum Gasteiger partial charge on any atom is 0 e. The molecule has 0 aromatic heterocycles. The molecule has 0 aliphatic heterocycles. The molecule has 0 aliphatic carbocycles. The van der Waals surface area contributed by atoms with E-state index >= 15 is 0 Å². The van der Waals surface area contributed by atoms with Gasteiger partial charge in [0.1, 0.15) is 0 Å². The summed E-state index contributed by atoms with van der Waals surface area (Å²) in [5.74, 6) is 0. The maximum atomic E-state index is 12.6. The molecular weight excluding hydrogens is 710 g/mol. The van der Waals surface area contributed by atoms with Crippen LogP contribution >= 0.6 is 0 Å². The summed E-state index contributed by atoms with van der Waals surface area (Å²) in [6.45, 7) is 7.19. The van der Waals surface area contributed by atoms with Crippen LogP contribution in [-0.4, -0.2) is 63.4 Å². The number of hydrogen-bond acceptors (Lipinski definition) is 3. The third kappa shape index (κ3) is 14.5. The Hall–Kier alpha value is 0.0130. The Morgan fingerprint density at radius 3 is 0.941 bits per heavy atom. The largest absolute Gasteiger partial charge is 0 e. The molecule has 1 rings (SSSR count). The third-order valence-corrected chi connectivity index (χ3v) is 11.8. The van der Waals surface area contributed by atoms with E-state index in [1.807, 2.05) is 0 Å². The van der Waals surface area contributed by atoms with Gasteiger partial charge in [-0.1, -0.05) is 40.0 Å². The van der Waals surface area contributed by atoms with Crippen molar-refractivity contribution in [3.05, 3.63) is 24.3 Å². The van der Waals surface area contributed by atoms with Crippen molar-refractivity contribution in [3.8, 4) is 0 Å². The van der Waals surface area contributed by atoms with Crippen molar-refractivity contribution in [1.29, 1.82) is 0 Å². The number of aliphatic hydroxyl groups excluding tert-OH is 3. The van der Waals surface area contributed by atoms with E-state index in [0.717, 1.165) is 50.7 Å². The van der Waals surface area contributed by atoms with Gasteiger partial charge in [-0.25, -0.2) is 0 Å². The molecule has 0 radical (unpaired) electrons. The zero-order valence-electron chi connectivity index (χ0n) is 19.4. The van der Waals surface area contributed by atoms with Crippen LogP contribution in [0.3, 0.4) is 0 Å². The second kappa shape index (κ2) is 21.1. The number of rotatable bonds is 7. The third-order valence-electron chi connectivity index (χ3n) is 3.91. The molecule has 3 N–H and O–H groups in total. The van der Waals surface area contributed by atoms with Crippen LogP contribution in [0.5, 0.6) is 0 Å². The van der Waals surface area contributed by atoms with E-state index in [1.54, 1.807) is 0 Å².